The van der Waals surface area contributed by atoms with E-state index in [0.29, 0.717) is 52.9 Å². The molecule has 0 fully saturated rings. The molecular formula is C25H54O9Si2. The Morgan fingerprint density at radius 2 is 0.722 bits per heavy atom. The summed E-state index contributed by atoms with van der Waals surface area (Å²) in [6.45, 7) is 27.0. The van der Waals surface area contributed by atoms with Gasteiger partial charge in [0.1, 0.15) is 13.2 Å². The molecule has 0 N–H and O–H groups in total. The summed E-state index contributed by atoms with van der Waals surface area (Å²) < 4.78 is 43.8. The summed E-state index contributed by atoms with van der Waals surface area (Å²) >= 11 is 0. The van der Waals surface area contributed by atoms with Gasteiger partial charge in [-0.15, -0.1) is 0 Å². The zero-order valence-electron chi connectivity index (χ0n) is 24.7. The summed E-state index contributed by atoms with van der Waals surface area (Å²) in [6.07, 6.45) is -0.736. The smallest absolute Gasteiger partial charge is 0.432 e. The van der Waals surface area contributed by atoms with Gasteiger partial charge in [0.2, 0.25) is 0 Å². The monoisotopic (exact) mass is 554 g/mol. The molecule has 0 aliphatic carbocycles. The minimum Gasteiger partial charge on any atom is -0.432 e. The summed E-state index contributed by atoms with van der Waals surface area (Å²) in [4.78, 5) is 11.5. The second kappa shape index (κ2) is 17.9. The maximum Gasteiger partial charge on any atom is 0.508 e. The van der Waals surface area contributed by atoms with Gasteiger partial charge in [-0.1, -0.05) is 41.5 Å². The normalized spacial score (nSPS) is 13.2. The van der Waals surface area contributed by atoms with E-state index >= 15 is 0 Å². The summed E-state index contributed by atoms with van der Waals surface area (Å²) in [7, 11) is -3.45. The lowest BCUT2D eigenvalue weighted by Gasteiger charge is -2.36. The van der Waals surface area contributed by atoms with Gasteiger partial charge >= 0.3 is 6.16 Å². The predicted octanol–water partition coefficient (Wildman–Crippen LogP) is 5.25. The third kappa shape index (κ3) is 17.1. The molecule has 0 aliphatic heterocycles. The van der Waals surface area contributed by atoms with E-state index < -0.39 is 22.8 Å². The molecule has 0 bridgehead atoms. The van der Waals surface area contributed by atoms with Crippen LogP contribution in [0.5, 0.6) is 0 Å². The Hall–Kier alpha value is -0.536. The van der Waals surface area contributed by atoms with Crippen LogP contribution in [0.3, 0.4) is 0 Å². The molecule has 0 saturated carbocycles. The van der Waals surface area contributed by atoms with E-state index in [1.54, 1.807) is 0 Å². The van der Waals surface area contributed by atoms with E-state index in [0.717, 1.165) is 0 Å². The highest BCUT2D eigenvalue weighted by atomic mass is 28.4. The largest absolute Gasteiger partial charge is 0.508 e. The number of hydrogen-bond donors (Lipinski definition) is 0. The first kappa shape index (κ1) is 35.5. The summed E-state index contributed by atoms with van der Waals surface area (Å²) in [5.74, 6) is 0. The van der Waals surface area contributed by atoms with Crippen LogP contribution in [0.4, 0.5) is 4.79 Å². The van der Waals surface area contributed by atoms with Gasteiger partial charge in [0, 0.05) is 0 Å². The van der Waals surface area contributed by atoms with Crippen molar-refractivity contribution >= 4 is 22.8 Å². The first-order valence-electron chi connectivity index (χ1n) is 13.0. The quantitative estimate of drug-likeness (QED) is 0.114. The van der Waals surface area contributed by atoms with Crippen LogP contribution in [0.25, 0.3) is 0 Å². The Bertz CT molecular complexity index is 525. The van der Waals surface area contributed by atoms with Gasteiger partial charge in [0.15, 0.2) is 16.6 Å². The minimum absolute atomic E-state index is 0.124. The fraction of sp³-hybridized carbons (Fsp3) is 0.960. The molecule has 0 saturated heterocycles. The lowest BCUT2D eigenvalue weighted by molar-refractivity contribution is -0.00910. The molecule has 216 valence electrons. The number of hydrogen-bond acceptors (Lipinski definition) is 9. The van der Waals surface area contributed by atoms with Gasteiger partial charge in [-0.3, -0.25) is 0 Å². The van der Waals surface area contributed by atoms with Crippen molar-refractivity contribution < 1.29 is 42.1 Å². The van der Waals surface area contributed by atoms with E-state index in [2.05, 4.69) is 67.7 Å². The third-order valence-corrected chi connectivity index (χ3v) is 15.7. The first-order chi connectivity index (χ1) is 16.6. The molecule has 0 spiro atoms. The minimum atomic E-state index is -1.72. The molecule has 0 aromatic rings. The Kier molecular flexibility index (Phi) is 17.6. The molecule has 0 radical (unpaired) electrons. The van der Waals surface area contributed by atoms with Gasteiger partial charge < -0.3 is 37.3 Å². The standard InChI is InChI=1S/C25H54O9Si2/c1-24(2,3)35(7,8)33-21-17-29-13-11-27-15-19-31-23(26)32-20-16-28-12-14-30-18-22-34-36(9,10)25(4,5)6/h11-22H2,1-10H3. The van der Waals surface area contributed by atoms with Gasteiger partial charge in [-0.25, -0.2) is 4.79 Å². The molecule has 0 aromatic carbocycles. The second-order valence-electron chi connectivity index (χ2n) is 11.6. The van der Waals surface area contributed by atoms with Crippen LogP contribution in [0.15, 0.2) is 0 Å². The average molecular weight is 555 g/mol. The molecule has 0 amide bonds. The molecule has 0 aromatic heterocycles. The Morgan fingerprint density at radius 1 is 0.472 bits per heavy atom. The topological polar surface area (TPSA) is 90.9 Å². The van der Waals surface area contributed by atoms with Crippen LogP contribution in [0.1, 0.15) is 41.5 Å². The van der Waals surface area contributed by atoms with Crippen molar-refractivity contribution in [2.75, 3.05) is 79.3 Å². The van der Waals surface area contributed by atoms with Crippen molar-refractivity contribution in [2.24, 2.45) is 0 Å². The van der Waals surface area contributed by atoms with E-state index in [1.807, 2.05) is 0 Å². The van der Waals surface area contributed by atoms with Crippen LogP contribution in [0.2, 0.25) is 36.3 Å². The summed E-state index contributed by atoms with van der Waals surface area (Å²) in [6, 6.07) is 0. The fourth-order valence-corrected chi connectivity index (χ4v) is 4.25. The SMILES string of the molecule is CC(C)(C)[Si](C)(C)OCCOCCOCCOC(=O)OCCOCCOCCO[Si](C)(C)C(C)(C)C. The van der Waals surface area contributed by atoms with Gasteiger partial charge in [0.05, 0.1) is 66.1 Å². The van der Waals surface area contributed by atoms with Gasteiger partial charge in [-0.2, -0.15) is 0 Å². The van der Waals surface area contributed by atoms with Crippen LogP contribution in [-0.2, 0) is 37.3 Å². The van der Waals surface area contributed by atoms with Crippen LogP contribution in [0, 0.1) is 0 Å². The first-order valence-corrected chi connectivity index (χ1v) is 18.8. The molecule has 9 nitrogen and oxygen atoms in total. The zero-order chi connectivity index (χ0) is 27.7. The highest BCUT2D eigenvalue weighted by molar-refractivity contribution is 6.74. The molecule has 36 heavy (non-hydrogen) atoms. The van der Waals surface area contributed by atoms with Crippen LogP contribution < -0.4 is 0 Å². The highest BCUT2D eigenvalue weighted by Gasteiger charge is 2.37. The van der Waals surface area contributed by atoms with Crippen molar-refractivity contribution in [3.8, 4) is 0 Å². The van der Waals surface area contributed by atoms with Crippen molar-refractivity contribution in [3.63, 3.8) is 0 Å². The lowest BCUT2D eigenvalue weighted by Crippen LogP contribution is -2.41. The van der Waals surface area contributed by atoms with E-state index in [-0.39, 0.29) is 36.5 Å². The molecule has 0 atom stereocenters. The Labute approximate surface area is 222 Å². The summed E-state index contributed by atoms with van der Waals surface area (Å²) in [5.41, 5.74) is 0. The number of rotatable bonds is 20. The predicted molar refractivity (Wildman–Crippen MR) is 147 cm³/mol. The molecule has 0 unspecified atom stereocenters. The van der Waals surface area contributed by atoms with Crippen LogP contribution >= 0.6 is 0 Å². The zero-order valence-corrected chi connectivity index (χ0v) is 26.7. The molecule has 0 rings (SSSR count). The Morgan fingerprint density at radius 3 is 1.00 bits per heavy atom. The van der Waals surface area contributed by atoms with Crippen molar-refractivity contribution in [2.45, 2.75) is 77.8 Å². The maximum atomic E-state index is 11.5. The van der Waals surface area contributed by atoms with Gasteiger partial charge in [0.25, 0.3) is 0 Å². The highest BCUT2D eigenvalue weighted by Crippen LogP contribution is 2.37. The number of carbonyl (C=O) groups is 1. The van der Waals surface area contributed by atoms with E-state index in [9.17, 15) is 4.79 Å². The van der Waals surface area contributed by atoms with E-state index in [4.69, 9.17) is 37.3 Å². The molecular weight excluding hydrogens is 500 g/mol. The average Bonchev–Trinajstić information content (AvgIpc) is 2.74. The number of ether oxygens (including phenoxy) is 6. The van der Waals surface area contributed by atoms with Crippen molar-refractivity contribution in [1.29, 1.82) is 0 Å². The number of carbonyl (C=O) groups excluding carboxylic acids is 1. The van der Waals surface area contributed by atoms with Crippen molar-refractivity contribution in [3.05, 3.63) is 0 Å². The van der Waals surface area contributed by atoms with Crippen LogP contribution in [-0.4, -0.2) is 102 Å². The molecule has 0 heterocycles. The maximum absolute atomic E-state index is 11.5. The third-order valence-electron chi connectivity index (χ3n) is 6.63. The Balaban J connectivity index is 3.44. The molecule has 0 aliphatic rings. The van der Waals surface area contributed by atoms with Gasteiger partial charge in [-0.05, 0) is 36.3 Å². The second-order valence-corrected chi connectivity index (χ2v) is 21.2. The van der Waals surface area contributed by atoms with Crippen molar-refractivity contribution in [1.82, 2.24) is 0 Å². The molecule has 11 heteroatoms. The summed E-state index contributed by atoms with van der Waals surface area (Å²) in [5, 5.41) is 0.389. The lowest BCUT2D eigenvalue weighted by atomic mass is 10.2. The fourth-order valence-electron chi connectivity index (χ4n) is 2.20. The van der Waals surface area contributed by atoms with E-state index in [1.165, 1.54) is 0 Å².